The lowest BCUT2D eigenvalue weighted by Gasteiger charge is -2.45. The highest BCUT2D eigenvalue weighted by molar-refractivity contribution is 7.48. The highest BCUT2D eigenvalue weighted by Gasteiger charge is 2.55. The molecule has 246 valence electrons. The molecule has 1 aliphatic rings. The Kier molecular flexibility index (Phi) is 12.6. The first-order chi connectivity index (χ1) is 21.2. The topological polar surface area (TPSA) is 162 Å². The predicted octanol–water partition coefficient (Wildman–Crippen LogP) is 3.74. The average molecular weight is 662 g/mol. The number of rotatable bonds is 13. The van der Waals surface area contributed by atoms with Crippen molar-refractivity contribution in [2.24, 2.45) is 0 Å². The van der Waals surface area contributed by atoms with Crippen LogP contribution in [0.5, 0.6) is 0 Å². The Balaban J connectivity index is 2.05. The van der Waals surface area contributed by atoms with Crippen molar-refractivity contribution in [1.82, 2.24) is 5.32 Å². The third-order valence-electron chi connectivity index (χ3n) is 5.95. The van der Waals surface area contributed by atoms with Crippen LogP contribution in [-0.4, -0.2) is 67.2 Å². The second-order valence-corrected chi connectivity index (χ2v) is 11.2. The molecule has 0 aromatic heterocycles. The standard InChI is InChI=1S/C28H31F3NO12P/c1-17(33)38-16-22-24(41-18(2)34)25(42-19(3)35)23(32-27(36)28(29,30)31)26(43-22)44-45(37,39-14-20-10-6-4-7-11-20)40-15-21-12-8-5-9-13-21/h4-13,22-26H,14-16H2,1-3H3,(H,32,36)/t22-,23-,24+,25-,26-/m1/s1. The number of alkyl halides is 3. The molecular formula is C28H31F3NO12P. The summed E-state index contributed by atoms with van der Waals surface area (Å²) in [7, 11) is -4.83. The Hall–Kier alpha value is -3.82. The lowest BCUT2D eigenvalue weighted by molar-refractivity contribution is -0.262. The third-order valence-corrected chi connectivity index (χ3v) is 7.31. The monoisotopic (exact) mass is 661 g/mol. The number of nitrogens with one attached hydrogen (secondary N) is 1. The molecule has 0 unspecified atom stereocenters. The van der Waals surface area contributed by atoms with Crippen molar-refractivity contribution >= 4 is 31.6 Å². The van der Waals surface area contributed by atoms with Crippen molar-refractivity contribution in [3.63, 3.8) is 0 Å². The maximum atomic E-state index is 14.1. The fraction of sp³-hybridized carbons (Fsp3) is 0.429. The first-order valence-corrected chi connectivity index (χ1v) is 14.8. The van der Waals surface area contributed by atoms with Crippen LogP contribution >= 0.6 is 7.82 Å². The molecule has 0 spiro atoms. The molecule has 17 heteroatoms. The minimum atomic E-state index is -5.45. The average Bonchev–Trinajstić information content (AvgIpc) is 2.97. The molecule has 1 amide bonds. The maximum absolute atomic E-state index is 14.1. The van der Waals surface area contributed by atoms with Crippen molar-refractivity contribution in [1.29, 1.82) is 0 Å². The number of amides is 1. The molecule has 1 fully saturated rings. The minimum absolute atomic E-state index is 0.362. The van der Waals surface area contributed by atoms with E-state index in [2.05, 4.69) is 0 Å². The summed E-state index contributed by atoms with van der Waals surface area (Å²) in [6.07, 6.45) is -12.9. The SMILES string of the molecule is CC(=O)OC[C@H]1O[C@H](OP(=O)(OCc2ccccc2)OCc2ccccc2)[C@H](NC(=O)C(F)(F)F)[C@@H](OC(C)=O)[C@H]1OC(C)=O. The number of carbonyl (C=O) groups excluding carboxylic acids is 4. The third kappa shape index (κ3) is 11.2. The molecule has 0 bridgehead atoms. The molecular weight excluding hydrogens is 630 g/mol. The molecule has 0 saturated carbocycles. The van der Waals surface area contributed by atoms with E-state index in [-0.39, 0.29) is 13.2 Å². The van der Waals surface area contributed by atoms with Gasteiger partial charge in [-0.25, -0.2) is 4.57 Å². The van der Waals surface area contributed by atoms with Gasteiger partial charge in [-0.3, -0.25) is 32.7 Å². The second kappa shape index (κ2) is 16.0. The molecule has 1 aliphatic heterocycles. The van der Waals surface area contributed by atoms with Gasteiger partial charge in [-0.2, -0.15) is 13.2 Å². The quantitative estimate of drug-likeness (QED) is 0.188. The molecule has 45 heavy (non-hydrogen) atoms. The van der Waals surface area contributed by atoms with Crippen LogP contribution in [0.4, 0.5) is 13.2 Å². The van der Waals surface area contributed by atoms with E-state index in [9.17, 15) is 36.9 Å². The molecule has 0 radical (unpaired) electrons. The second-order valence-electron chi connectivity index (χ2n) is 9.56. The fourth-order valence-corrected chi connectivity index (χ4v) is 5.31. The number of phosphoric ester groups is 1. The molecule has 3 rings (SSSR count). The van der Waals surface area contributed by atoms with Crippen LogP contribution in [-0.2, 0) is 69.5 Å². The van der Waals surface area contributed by atoms with Crippen LogP contribution in [0.2, 0.25) is 0 Å². The van der Waals surface area contributed by atoms with Crippen molar-refractivity contribution in [3.05, 3.63) is 71.8 Å². The summed E-state index contributed by atoms with van der Waals surface area (Å²) in [6.45, 7) is 1.47. The molecule has 2 aromatic rings. The zero-order valence-corrected chi connectivity index (χ0v) is 25.2. The van der Waals surface area contributed by atoms with Gasteiger partial charge in [0, 0.05) is 20.8 Å². The first kappa shape index (κ1) is 35.7. The molecule has 5 atom stereocenters. The Morgan fingerprint density at radius 3 is 1.73 bits per heavy atom. The summed E-state index contributed by atoms with van der Waals surface area (Å²) >= 11 is 0. The number of halogens is 3. The summed E-state index contributed by atoms with van der Waals surface area (Å²) in [4.78, 5) is 47.7. The number of esters is 3. The number of benzene rings is 2. The van der Waals surface area contributed by atoms with E-state index in [0.29, 0.717) is 11.1 Å². The van der Waals surface area contributed by atoms with Crippen LogP contribution in [0.3, 0.4) is 0 Å². The van der Waals surface area contributed by atoms with E-state index >= 15 is 0 Å². The van der Waals surface area contributed by atoms with Gasteiger partial charge in [-0.05, 0) is 11.1 Å². The van der Waals surface area contributed by atoms with Crippen molar-refractivity contribution < 1.29 is 69.4 Å². The van der Waals surface area contributed by atoms with E-state index in [1.54, 1.807) is 66.0 Å². The predicted molar refractivity (Wildman–Crippen MR) is 146 cm³/mol. The van der Waals surface area contributed by atoms with Gasteiger partial charge in [-0.15, -0.1) is 0 Å². The number of phosphoric acid groups is 1. The molecule has 1 heterocycles. The molecule has 1 N–H and O–H groups in total. The highest BCUT2D eigenvalue weighted by atomic mass is 31.2. The lowest BCUT2D eigenvalue weighted by atomic mass is 9.96. The van der Waals surface area contributed by atoms with Gasteiger partial charge in [0.15, 0.2) is 18.5 Å². The van der Waals surface area contributed by atoms with Crippen molar-refractivity contribution in [3.8, 4) is 0 Å². The Morgan fingerprint density at radius 1 is 0.800 bits per heavy atom. The van der Waals surface area contributed by atoms with Crippen molar-refractivity contribution in [2.45, 2.75) is 70.8 Å². The van der Waals surface area contributed by atoms with Gasteiger partial charge < -0.3 is 24.3 Å². The Morgan fingerprint density at radius 2 is 1.29 bits per heavy atom. The van der Waals surface area contributed by atoms with E-state index in [1.807, 2.05) is 0 Å². The molecule has 2 aromatic carbocycles. The van der Waals surface area contributed by atoms with E-state index < -0.39 is 75.1 Å². The molecule has 1 saturated heterocycles. The number of hydrogen-bond acceptors (Lipinski definition) is 12. The molecule has 0 aliphatic carbocycles. The summed E-state index contributed by atoms with van der Waals surface area (Å²) < 4.78 is 92.0. The summed E-state index contributed by atoms with van der Waals surface area (Å²) in [6, 6.07) is 14.5. The van der Waals surface area contributed by atoms with Gasteiger partial charge in [0.2, 0.25) is 0 Å². The highest BCUT2D eigenvalue weighted by Crippen LogP contribution is 2.53. The zero-order chi connectivity index (χ0) is 33.2. The Labute approximate surface area is 255 Å². The van der Waals surface area contributed by atoms with Crippen LogP contribution in [0, 0.1) is 0 Å². The van der Waals surface area contributed by atoms with Crippen LogP contribution in [0.1, 0.15) is 31.9 Å². The largest absolute Gasteiger partial charge is 0.477 e. The number of carbonyl (C=O) groups is 4. The van der Waals surface area contributed by atoms with Gasteiger partial charge in [0.1, 0.15) is 18.8 Å². The van der Waals surface area contributed by atoms with E-state index in [4.69, 9.17) is 32.5 Å². The fourth-order valence-electron chi connectivity index (χ4n) is 4.06. The van der Waals surface area contributed by atoms with E-state index in [1.165, 1.54) is 0 Å². The summed E-state index contributed by atoms with van der Waals surface area (Å²) in [5, 5.41) is 1.60. The van der Waals surface area contributed by atoms with Crippen LogP contribution in [0.15, 0.2) is 60.7 Å². The van der Waals surface area contributed by atoms with Gasteiger partial charge >= 0.3 is 37.8 Å². The van der Waals surface area contributed by atoms with Crippen LogP contribution < -0.4 is 5.32 Å². The van der Waals surface area contributed by atoms with Gasteiger partial charge in [0.25, 0.3) is 0 Å². The first-order valence-electron chi connectivity index (χ1n) is 13.3. The Bertz CT molecular complexity index is 1310. The minimum Gasteiger partial charge on any atom is -0.463 e. The zero-order valence-electron chi connectivity index (χ0n) is 24.3. The smallest absolute Gasteiger partial charge is 0.463 e. The van der Waals surface area contributed by atoms with Gasteiger partial charge in [0.05, 0.1) is 13.2 Å². The summed E-state index contributed by atoms with van der Waals surface area (Å²) in [5.74, 6) is -5.40. The summed E-state index contributed by atoms with van der Waals surface area (Å²) in [5.41, 5.74) is 1.02. The van der Waals surface area contributed by atoms with Gasteiger partial charge in [-0.1, -0.05) is 60.7 Å². The van der Waals surface area contributed by atoms with E-state index in [0.717, 1.165) is 20.8 Å². The van der Waals surface area contributed by atoms with Crippen LogP contribution in [0.25, 0.3) is 0 Å². The lowest BCUT2D eigenvalue weighted by Crippen LogP contribution is -2.67. The number of ether oxygens (including phenoxy) is 4. The number of hydrogen-bond donors (Lipinski definition) is 1. The van der Waals surface area contributed by atoms with Crippen molar-refractivity contribution in [2.75, 3.05) is 6.61 Å². The normalized spacial score (nSPS) is 21.8. The maximum Gasteiger partial charge on any atom is 0.477 e. The molecule has 13 nitrogen and oxygen atoms in total.